The Morgan fingerprint density at radius 2 is 1.87 bits per heavy atom. The highest BCUT2D eigenvalue weighted by Gasteiger charge is 2.41. The van der Waals surface area contributed by atoms with Gasteiger partial charge in [0, 0.05) is 32.5 Å². The lowest BCUT2D eigenvalue weighted by atomic mass is 9.88. The lowest BCUT2D eigenvalue weighted by Crippen LogP contribution is -2.57. The molecule has 126 valence electrons. The number of hydrogen-bond donors (Lipinski definition) is 2. The van der Waals surface area contributed by atoms with Crippen LogP contribution in [-0.4, -0.2) is 35.7 Å². The first kappa shape index (κ1) is 17.5. The maximum atomic E-state index is 12.4. The molecule has 1 saturated heterocycles. The monoisotopic (exact) mass is 319 g/mol. The summed E-state index contributed by atoms with van der Waals surface area (Å²) in [5.41, 5.74) is 1.12. The fraction of sp³-hybridized carbons (Fsp3) is 0.556. The van der Waals surface area contributed by atoms with Crippen LogP contribution in [0.25, 0.3) is 0 Å². The van der Waals surface area contributed by atoms with Crippen LogP contribution >= 0.6 is 0 Å². The number of amides is 1. The zero-order valence-electron chi connectivity index (χ0n) is 13.8. The largest absolute Gasteiger partial charge is 0.480 e. The molecule has 0 aromatic heterocycles. The first-order chi connectivity index (χ1) is 11.0. The topological polar surface area (TPSA) is 75.6 Å². The highest BCUT2D eigenvalue weighted by atomic mass is 16.5. The minimum Gasteiger partial charge on any atom is -0.480 e. The summed E-state index contributed by atoms with van der Waals surface area (Å²) in [5, 5.41) is 12.3. The van der Waals surface area contributed by atoms with Gasteiger partial charge < -0.3 is 15.2 Å². The van der Waals surface area contributed by atoms with Gasteiger partial charge in [-0.25, -0.2) is 4.79 Å². The number of carboxylic acid groups (broad SMARTS) is 1. The predicted molar refractivity (Wildman–Crippen MR) is 87.4 cm³/mol. The third-order valence-electron chi connectivity index (χ3n) is 4.61. The van der Waals surface area contributed by atoms with E-state index >= 15 is 0 Å². The molecular weight excluding hydrogens is 294 g/mol. The molecule has 0 saturated carbocycles. The molecule has 1 amide bonds. The minimum absolute atomic E-state index is 0.0984. The van der Waals surface area contributed by atoms with Gasteiger partial charge in [0.1, 0.15) is 5.54 Å². The van der Waals surface area contributed by atoms with E-state index in [9.17, 15) is 14.7 Å². The number of aliphatic carboxylic acids is 1. The van der Waals surface area contributed by atoms with Gasteiger partial charge in [0.2, 0.25) is 5.91 Å². The summed E-state index contributed by atoms with van der Waals surface area (Å²) in [6.45, 7) is 4.79. The molecule has 1 heterocycles. The van der Waals surface area contributed by atoms with Crippen molar-refractivity contribution in [1.29, 1.82) is 0 Å². The van der Waals surface area contributed by atoms with Crippen LogP contribution in [0.5, 0.6) is 0 Å². The Kier molecular flexibility index (Phi) is 5.77. The SMILES string of the molecule is CCC(CC(=O)NC1(C(=O)O)CCOCC1)c1ccc(C)cc1. The lowest BCUT2D eigenvalue weighted by Gasteiger charge is -2.34. The molecule has 2 N–H and O–H groups in total. The summed E-state index contributed by atoms with van der Waals surface area (Å²) in [7, 11) is 0. The highest BCUT2D eigenvalue weighted by molar-refractivity contribution is 5.87. The Hall–Kier alpha value is -1.88. The number of carboxylic acids is 1. The second-order valence-electron chi connectivity index (χ2n) is 6.27. The maximum Gasteiger partial charge on any atom is 0.329 e. The number of hydrogen-bond acceptors (Lipinski definition) is 3. The van der Waals surface area contributed by atoms with Gasteiger partial charge in [0.15, 0.2) is 0 Å². The van der Waals surface area contributed by atoms with Crippen LogP contribution in [0.2, 0.25) is 0 Å². The fourth-order valence-corrected chi connectivity index (χ4v) is 2.99. The van der Waals surface area contributed by atoms with E-state index in [0.717, 1.165) is 12.0 Å². The molecule has 5 nitrogen and oxygen atoms in total. The Balaban J connectivity index is 2.04. The number of benzene rings is 1. The van der Waals surface area contributed by atoms with Gasteiger partial charge in [0.25, 0.3) is 0 Å². The number of carbonyl (C=O) groups excluding carboxylic acids is 1. The van der Waals surface area contributed by atoms with Crippen molar-refractivity contribution in [2.24, 2.45) is 0 Å². The van der Waals surface area contributed by atoms with E-state index in [0.29, 0.717) is 32.5 Å². The van der Waals surface area contributed by atoms with E-state index in [2.05, 4.69) is 5.32 Å². The van der Waals surface area contributed by atoms with Crippen molar-refractivity contribution >= 4 is 11.9 Å². The molecule has 1 unspecified atom stereocenters. The molecule has 1 aromatic rings. The average molecular weight is 319 g/mol. The number of nitrogens with one attached hydrogen (secondary N) is 1. The van der Waals surface area contributed by atoms with Crippen molar-refractivity contribution in [3.05, 3.63) is 35.4 Å². The molecule has 0 radical (unpaired) electrons. The van der Waals surface area contributed by atoms with Crippen LogP contribution in [-0.2, 0) is 14.3 Å². The van der Waals surface area contributed by atoms with Crippen LogP contribution in [0.1, 0.15) is 49.7 Å². The van der Waals surface area contributed by atoms with E-state index in [-0.39, 0.29) is 11.8 Å². The average Bonchev–Trinajstić information content (AvgIpc) is 2.54. The molecule has 23 heavy (non-hydrogen) atoms. The molecule has 0 bridgehead atoms. The van der Waals surface area contributed by atoms with Crippen molar-refractivity contribution < 1.29 is 19.4 Å². The number of rotatable bonds is 6. The second-order valence-corrected chi connectivity index (χ2v) is 6.27. The van der Waals surface area contributed by atoms with E-state index in [1.54, 1.807) is 0 Å². The van der Waals surface area contributed by atoms with E-state index in [4.69, 9.17) is 4.74 Å². The molecule has 1 aliphatic heterocycles. The van der Waals surface area contributed by atoms with Crippen LogP contribution in [0.15, 0.2) is 24.3 Å². The maximum absolute atomic E-state index is 12.4. The smallest absolute Gasteiger partial charge is 0.329 e. The Morgan fingerprint density at radius 1 is 1.26 bits per heavy atom. The van der Waals surface area contributed by atoms with Crippen molar-refractivity contribution in [2.75, 3.05) is 13.2 Å². The Morgan fingerprint density at radius 3 is 2.39 bits per heavy atom. The number of carbonyl (C=O) groups is 2. The van der Waals surface area contributed by atoms with Crippen molar-refractivity contribution in [1.82, 2.24) is 5.32 Å². The summed E-state index contributed by atoms with van der Waals surface area (Å²) in [6.07, 6.45) is 1.76. The van der Waals surface area contributed by atoms with Gasteiger partial charge in [-0.15, -0.1) is 0 Å². The van der Waals surface area contributed by atoms with Gasteiger partial charge in [0.05, 0.1) is 0 Å². The lowest BCUT2D eigenvalue weighted by molar-refractivity contribution is -0.152. The molecule has 5 heteroatoms. The third-order valence-corrected chi connectivity index (χ3v) is 4.61. The molecule has 1 aromatic carbocycles. The van der Waals surface area contributed by atoms with Crippen LogP contribution in [0, 0.1) is 6.92 Å². The molecule has 1 aliphatic rings. The summed E-state index contributed by atoms with van der Waals surface area (Å²) < 4.78 is 5.22. The normalized spacial score (nSPS) is 18.2. The third kappa shape index (κ3) is 4.32. The van der Waals surface area contributed by atoms with E-state index in [1.165, 1.54) is 5.56 Å². The van der Waals surface area contributed by atoms with Crippen molar-refractivity contribution in [3.63, 3.8) is 0 Å². The molecule has 0 spiro atoms. The van der Waals surface area contributed by atoms with Gasteiger partial charge in [-0.1, -0.05) is 36.8 Å². The Labute approximate surface area is 137 Å². The number of aryl methyl sites for hydroxylation is 1. The van der Waals surface area contributed by atoms with Gasteiger partial charge in [-0.2, -0.15) is 0 Å². The Bertz CT molecular complexity index is 547. The summed E-state index contributed by atoms with van der Waals surface area (Å²) in [5.74, 6) is -1.08. The number of ether oxygens (including phenoxy) is 1. The summed E-state index contributed by atoms with van der Waals surface area (Å²) in [6, 6.07) is 8.15. The predicted octanol–water partition coefficient (Wildman–Crippen LogP) is 2.63. The van der Waals surface area contributed by atoms with Crippen LogP contribution < -0.4 is 5.32 Å². The van der Waals surface area contributed by atoms with Crippen LogP contribution in [0.4, 0.5) is 0 Å². The fourth-order valence-electron chi connectivity index (χ4n) is 2.99. The summed E-state index contributed by atoms with van der Waals surface area (Å²) in [4.78, 5) is 24.0. The van der Waals surface area contributed by atoms with Crippen molar-refractivity contribution in [3.8, 4) is 0 Å². The molecular formula is C18H25NO4. The van der Waals surface area contributed by atoms with Gasteiger partial charge in [-0.3, -0.25) is 4.79 Å². The summed E-state index contributed by atoms with van der Waals surface area (Å²) >= 11 is 0. The van der Waals surface area contributed by atoms with Gasteiger partial charge >= 0.3 is 5.97 Å². The van der Waals surface area contributed by atoms with E-state index < -0.39 is 11.5 Å². The quantitative estimate of drug-likeness (QED) is 0.845. The standard InChI is InChI=1S/C18H25NO4/c1-3-14(15-6-4-13(2)5-7-15)12-16(20)19-18(17(21)22)8-10-23-11-9-18/h4-7,14H,3,8-12H2,1-2H3,(H,19,20)(H,21,22). The zero-order chi connectivity index (χ0) is 16.9. The molecule has 2 rings (SSSR count). The van der Waals surface area contributed by atoms with Gasteiger partial charge in [-0.05, 0) is 24.8 Å². The highest BCUT2D eigenvalue weighted by Crippen LogP contribution is 2.26. The first-order valence-corrected chi connectivity index (χ1v) is 8.15. The molecule has 0 aliphatic carbocycles. The minimum atomic E-state index is -1.18. The van der Waals surface area contributed by atoms with Crippen molar-refractivity contribution in [2.45, 2.75) is 51.0 Å². The van der Waals surface area contributed by atoms with Crippen LogP contribution in [0.3, 0.4) is 0 Å². The first-order valence-electron chi connectivity index (χ1n) is 8.15. The van der Waals surface area contributed by atoms with E-state index in [1.807, 2.05) is 38.1 Å². The second kappa shape index (κ2) is 7.59. The molecule has 1 fully saturated rings. The zero-order valence-corrected chi connectivity index (χ0v) is 13.8. The molecule has 1 atom stereocenters.